The van der Waals surface area contributed by atoms with Crippen molar-refractivity contribution in [1.82, 2.24) is 15.1 Å². The monoisotopic (exact) mass is 420 g/mol. The fourth-order valence-electron chi connectivity index (χ4n) is 4.49. The molecule has 3 atom stereocenters. The van der Waals surface area contributed by atoms with E-state index in [9.17, 15) is 0 Å². The Morgan fingerprint density at radius 1 is 1.13 bits per heavy atom. The van der Waals surface area contributed by atoms with Crippen LogP contribution in [0.1, 0.15) is 37.3 Å². The molecule has 168 valence electrons. The quantitative estimate of drug-likeness (QED) is 0.556. The molecule has 4 heterocycles. The highest BCUT2D eigenvalue weighted by molar-refractivity contribution is 5.80. The normalized spacial score (nSPS) is 27.4. The van der Waals surface area contributed by atoms with Gasteiger partial charge in [-0.3, -0.25) is 9.89 Å². The number of nitrogens with one attached hydrogen (secondary N) is 1. The summed E-state index contributed by atoms with van der Waals surface area (Å²) in [5, 5.41) is 3.48. The molecular weight excluding hydrogens is 384 g/mol. The van der Waals surface area contributed by atoms with E-state index in [-0.39, 0.29) is 18.2 Å². The second-order valence-electron chi connectivity index (χ2n) is 8.21. The van der Waals surface area contributed by atoms with E-state index in [1.807, 2.05) is 13.0 Å². The van der Waals surface area contributed by atoms with Gasteiger partial charge in [0, 0.05) is 39.3 Å². The standard InChI is InChI=1S/C22H36N4O4/c1-3-23-22(26-10-14-29-21(16-26)20-5-4-11-28-20)24-15-18(19-7-6-17(2)30-19)25-8-12-27-13-9-25/h6-7,18,20-21H,3-5,8-16H2,1-2H3,(H,23,24). The van der Waals surface area contributed by atoms with E-state index < -0.39 is 0 Å². The maximum Gasteiger partial charge on any atom is 0.194 e. The van der Waals surface area contributed by atoms with Crippen LogP contribution in [0.4, 0.5) is 0 Å². The fraction of sp³-hybridized carbons (Fsp3) is 0.773. The first-order chi connectivity index (χ1) is 14.7. The zero-order valence-corrected chi connectivity index (χ0v) is 18.3. The van der Waals surface area contributed by atoms with Gasteiger partial charge < -0.3 is 28.8 Å². The highest BCUT2D eigenvalue weighted by Gasteiger charge is 2.32. The molecule has 0 aromatic carbocycles. The highest BCUT2D eigenvalue weighted by Crippen LogP contribution is 2.25. The van der Waals surface area contributed by atoms with Crippen LogP contribution in [-0.4, -0.2) is 93.7 Å². The van der Waals surface area contributed by atoms with Crippen LogP contribution < -0.4 is 5.32 Å². The van der Waals surface area contributed by atoms with Crippen molar-refractivity contribution in [2.24, 2.45) is 4.99 Å². The van der Waals surface area contributed by atoms with Crippen molar-refractivity contribution in [3.63, 3.8) is 0 Å². The lowest BCUT2D eigenvalue weighted by Gasteiger charge is -2.37. The van der Waals surface area contributed by atoms with Crippen molar-refractivity contribution >= 4 is 5.96 Å². The van der Waals surface area contributed by atoms with Crippen LogP contribution in [0.5, 0.6) is 0 Å². The summed E-state index contributed by atoms with van der Waals surface area (Å²) in [6, 6.07) is 4.23. The van der Waals surface area contributed by atoms with Gasteiger partial charge in [-0.15, -0.1) is 0 Å². The van der Waals surface area contributed by atoms with E-state index in [4.69, 9.17) is 23.6 Å². The Morgan fingerprint density at radius 3 is 2.67 bits per heavy atom. The Balaban J connectivity index is 1.47. The summed E-state index contributed by atoms with van der Waals surface area (Å²) in [5.74, 6) is 2.87. The van der Waals surface area contributed by atoms with Crippen molar-refractivity contribution in [3.8, 4) is 0 Å². The third-order valence-electron chi connectivity index (χ3n) is 6.10. The van der Waals surface area contributed by atoms with Gasteiger partial charge in [0.25, 0.3) is 0 Å². The number of guanidine groups is 1. The van der Waals surface area contributed by atoms with Gasteiger partial charge in [0.2, 0.25) is 0 Å². The molecule has 0 aliphatic carbocycles. The van der Waals surface area contributed by atoms with Gasteiger partial charge in [-0.1, -0.05) is 0 Å². The van der Waals surface area contributed by atoms with E-state index >= 15 is 0 Å². The number of nitrogens with zero attached hydrogens (tertiary/aromatic N) is 3. The van der Waals surface area contributed by atoms with Crippen molar-refractivity contribution in [2.45, 2.75) is 44.9 Å². The number of ether oxygens (including phenoxy) is 3. The molecule has 0 amide bonds. The van der Waals surface area contributed by atoms with E-state index in [2.05, 4.69) is 28.1 Å². The molecule has 3 aliphatic heterocycles. The number of hydrogen-bond acceptors (Lipinski definition) is 6. The molecule has 3 fully saturated rings. The number of hydrogen-bond donors (Lipinski definition) is 1. The average Bonchev–Trinajstić information content (AvgIpc) is 3.46. The SMILES string of the molecule is CCNC(=NCC(c1ccc(C)o1)N1CCOCC1)N1CCOC(C2CCCO2)C1. The third kappa shape index (κ3) is 5.35. The van der Waals surface area contributed by atoms with Crippen LogP contribution in [0.2, 0.25) is 0 Å². The zero-order chi connectivity index (χ0) is 20.8. The first-order valence-corrected chi connectivity index (χ1v) is 11.4. The smallest absolute Gasteiger partial charge is 0.194 e. The summed E-state index contributed by atoms with van der Waals surface area (Å²) >= 11 is 0. The lowest BCUT2D eigenvalue weighted by molar-refractivity contribution is -0.0817. The van der Waals surface area contributed by atoms with Crippen LogP contribution in [0.15, 0.2) is 21.5 Å². The minimum Gasteiger partial charge on any atom is -0.465 e. The van der Waals surface area contributed by atoms with Gasteiger partial charge in [0.15, 0.2) is 5.96 Å². The van der Waals surface area contributed by atoms with Crippen molar-refractivity contribution in [3.05, 3.63) is 23.7 Å². The van der Waals surface area contributed by atoms with Crippen molar-refractivity contribution in [2.75, 3.05) is 65.7 Å². The molecule has 3 aliphatic rings. The van der Waals surface area contributed by atoms with E-state index in [0.717, 1.165) is 82.9 Å². The summed E-state index contributed by atoms with van der Waals surface area (Å²) in [5.41, 5.74) is 0. The molecule has 3 saturated heterocycles. The predicted octanol–water partition coefficient (Wildman–Crippen LogP) is 1.81. The first kappa shape index (κ1) is 21.6. The Kier molecular flexibility index (Phi) is 7.65. The van der Waals surface area contributed by atoms with Gasteiger partial charge in [0.1, 0.15) is 17.6 Å². The lowest BCUT2D eigenvalue weighted by Crippen LogP contribution is -2.53. The van der Waals surface area contributed by atoms with E-state index in [0.29, 0.717) is 13.2 Å². The lowest BCUT2D eigenvalue weighted by atomic mass is 10.1. The minimum absolute atomic E-state index is 0.117. The van der Waals surface area contributed by atoms with Gasteiger partial charge >= 0.3 is 0 Å². The van der Waals surface area contributed by atoms with Crippen LogP contribution in [0, 0.1) is 6.92 Å². The fourth-order valence-corrected chi connectivity index (χ4v) is 4.49. The number of aryl methyl sites for hydroxylation is 1. The predicted molar refractivity (Wildman–Crippen MR) is 115 cm³/mol. The number of furan rings is 1. The molecule has 1 N–H and O–H groups in total. The summed E-state index contributed by atoms with van der Waals surface area (Å²) in [6.07, 6.45) is 2.54. The zero-order valence-electron chi connectivity index (χ0n) is 18.3. The number of rotatable bonds is 6. The Morgan fingerprint density at radius 2 is 1.97 bits per heavy atom. The van der Waals surface area contributed by atoms with Crippen LogP contribution in [-0.2, 0) is 14.2 Å². The molecular formula is C22H36N4O4. The van der Waals surface area contributed by atoms with Crippen molar-refractivity contribution in [1.29, 1.82) is 0 Å². The summed E-state index contributed by atoms with van der Waals surface area (Å²) < 4.78 is 23.5. The van der Waals surface area contributed by atoms with Gasteiger partial charge in [-0.05, 0) is 38.8 Å². The molecule has 8 heteroatoms. The highest BCUT2D eigenvalue weighted by atomic mass is 16.5. The first-order valence-electron chi connectivity index (χ1n) is 11.4. The molecule has 3 unspecified atom stereocenters. The topological polar surface area (TPSA) is 71.7 Å². The molecule has 0 spiro atoms. The van der Waals surface area contributed by atoms with Crippen LogP contribution >= 0.6 is 0 Å². The Bertz CT molecular complexity index is 682. The Hall–Kier alpha value is -1.61. The van der Waals surface area contributed by atoms with Crippen LogP contribution in [0.25, 0.3) is 0 Å². The molecule has 0 bridgehead atoms. The van der Waals surface area contributed by atoms with Crippen molar-refractivity contribution < 1.29 is 18.6 Å². The molecule has 1 aromatic rings. The largest absolute Gasteiger partial charge is 0.465 e. The number of morpholine rings is 2. The minimum atomic E-state index is 0.117. The maximum atomic E-state index is 6.03. The van der Waals surface area contributed by atoms with E-state index in [1.54, 1.807) is 0 Å². The summed E-state index contributed by atoms with van der Waals surface area (Å²) in [4.78, 5) is 9.79. The molecule has 30 heavy (non-hydrogen) atoms. The second kappa shape index (κ2) is 10.6. The molecule has 0 radical (unpaired) electrons. The second-order valence-corrected chi connectivity index (χ2v) is 8.21. The number of aliphatic imine (C=N–C) groups is 1. The van der Waals surface area contributed by atoms with Gasteiger partial charge in [-0.25, -0.2) is 0 Å². The molecule has 4 rings (SSSR count). The van der Waals surface area contributed by atoms with Gasteiger partial charge in [-0.2, -0.15) is 0 Å². The molecule has 1 aromatic heterocycles. The summed E-state index contributed by atoms with van der Waals surface area (Å²) in [6.45, 7) is 12.1. The molecule has 0 saturated carbocycles. The third-order valence-corrected chi connectivity index (χ3v) is 6.10. The maximum absolute atomic E-state index is 6.03. The van der Waals surface area contributed by atoms with E-state index in [1.165, 1.54) is 0 Å². The summed E-state index contributed by atoms with van der Waals surface area (Å²) in [7, 11) is 0. The molecule has 8 nitrogen and oxygen atoms in total. The van der Waals surface area contributed by atoms with Gasteiger partial charge in [0.05, 0.1) is 38.5 Å². The van der Waals surface area contributed by atoms with Crippen LogP contribution in [0.3, 0.4) is 0 Å². The Labute approximate surface area is 179 Å². The average molecular weight is 421 g/mol.